The molecule has 24 heavy (non-hydrogen) atoms. The summed E-state index contributed by atoms with van der Waals surface area (Å²) in [5.41, 5.74) is 0.874. The van der Waals surface area contributed by atoms with Crippen molar-refractivity contribution in [1.82, 2.24) is 0 Å². The zero-order chi connectivity index (χ0) is 16.1. The lowest BCUT2D eigenvalue weighted by Crippen LogP contribution is -2.60. The van der Waals surface area contributed by atoms with Crippen LogP contribution < -0.4 is 0 Å². The van der Waals surface area contributed by atoms with Crippen LogP contribution >= 0.6 is 0 Å². The molecule has 8 aliphatic rings. The highest BCUT2D eigenvalue weighted by Gasteiger charge is 2.63. The van der Waals surface area contributed by atoms with Crippen molar-refractivity contribution in [2.45, 2.75) is 84.0 Å². The number of rotatable bonds is 3. The second kappa shape index (κ2) is 4.68. The van der Waals surface area contributed by atoms with Gasteiger partial charge in [0.05, 0.1) is 0 Å². The van der Waals surface area contributed by atoms with Crippen molar-refractivity contribution in [3.05, 3.63) is 0 Å². The minimum absolute atomic E-state index is 0.437. The van der Waals surface area contributed by atoms with Gasteiger partial charge in [-0.1, -0.05) is 0 Å². The molecule has 0 atom stereocenters. The van der Waals surface area contributed by atoms with Crippen LogP contribution in [0.1, 0.15) is 84.0 Å². The molecular formula is C23H34O. The van der Waals surface area contributed by atoms with Crippen molar-refractivity contribution >= 4 is 5.78 Å². The van der Waals surface area contributed by atoms with E-state index in [4.69, 9.17) is 0 Å². The molecule has 8 aliphatic carbocycles. The number of carbonyl (C=O) groups is 1. The van der Waals surface area contributed by atoms with Crippen LogP contribution in [-0.4, -0.2) is 5.78 Å². The average Bonchev–Trinajstić information content (AvgIpc) is 2.42. The van der Waals surface area contributed by atoms with Gasteiger partial charge >= 0.3 is 0 Å². The van der Waals surface area contributed by atoms with Gasteiger partial charge in [0.2, 0.25) is 0 Å². The SMILES string of the molecule is CC(=O)C(C12CC3CC(CC(C3)C1)C2)C12CC3CC(CC(C3)C1)C2. The Hall–Kier alpha value is -0.330. The fourth-order valence-corrected chi connectivity index (χ4v) is 10.6. The molecule has 0 unspecified atom stereocenters. The molecule has 1 nitrogen and oxygen atoms in total. The van der Waals surface area contributed by atoms with Crippen LogP contribution in [-0.2, 0) is 4.79 Å². The molecule has 0 radical (unpaired) electrons. The van der Waals surface area contributed by atoms with E-state index in [0.29, 0.717) is 22.5 Å². The quantitative estimate of drug-likeness (QED) is 0.657. The number of Topliss-reactive ketones (excluding diaryl/α,β-unsaturated/α-hetero) is 1. The van der Waals surface area contributed by atoms with Gasteiger partial charge in [-0.3, -0.25) is 4.79 Å². The van der Waals surface area contributed by atoms with E-state index >= 15 is 0 Å². The van der Waals surface area contributed by atoms with E-state index in [2.05, 4.69) is 0 Å². The topological polar surface area (TPSA) is 17.1 Å². The summed E-state index contributed by atoms with van der Waals surface area (Å²) in [6.07, 6.45) is 17.6. The van der Waals surface area contributed by atoms with E-state index in [-0.39, 0.29) is 0 Å². The summed E-state index contributed by atoms with van der Waals surface area (Å²) in [6, 6.07) is 0. The summed E-state index contributed by atoms with van der Waals surface area (Å²) in [4.78, 5) is 13.2. The summed E-state index contributed by atoms with van der Waals surface area (Å²) in [5, 5.41) is 0. The first kappa shape index (κ1) is 14.8. The first-order chi connectivity index (χ1) is 11.5. The lowest BCUT2D eigenvalue weighted by Gasteiger charge is -2.66. The Labute approximate surface area is 147 Å². The molecule has 0 spiro atoms. The molecule has 0 aromatic rings. The summed E-state index contributed by atoms with van der Waals surface area (Å²) in [7, 11) is 0. The van der Waals surface area contributed by atoms with Crippen molar-refractivity contribution in [2.24, 2.45) is 52.3 Å². The van der Waals surface area contributed by atoms with Crippen molar-refractivity contribution in [3.8, 4) is 0 Å². The minimum atomic E-state index is 0.437. The molecule has 8 rings (SSSR count). The van der Waals surface area contributed by atoms with Crippen LogP contribution in [0.25, 0.3) is 0 Å². The van der Waals surface area contributed by atoms with Gasteiger partial charge in [-0.25, -0.2) is 0 Å². The van der Waals surface area contributed by atoms with Gasteiger partial charge in [-0.05, 0) is 130 Å². The molecule has 8 saturated carbocycles. The third kappa shape index (κ3) is 1.91. The lowest BCUT2D eigenvalue weighted by atomic mass is 9.38. The highest BCUT2D eigenvalue weighted by molar-refractivity contribution is 5.80. The maximum absolute atomic E-state index is 13.2. The second-order valence-corrected chi connectivity index (χ2v) is 11.6. The molecular weight excluding hydrogens is 292 g/mol. The van der Waals surface area contributed by atoms with Crippen molar-refractivity contribution in [1.29, 1.82) is 0 Å². The molecule has 0 N–H and O–H groups in total. The summed E-state index contributed by atoms with van der Waals surface area (Å²) < 4.78 is 0. The standard InChI is InChI=1S/C23H34O/c1-14(24)21(22-8-15-2-16(9-22)4-17(3-15)10-22)23-11-18-5-19(12-23)7-20(6-18)13-23/h15-21H,2-13H2,1H3. The van der Waals surface area contributed by atoms with Crippen LogP contribution in [0, 0.1) is 52.3 Å². The van der Waals surface area contributed by atoms with Crippen molar-refractivity contribution in [3.63, 3.8) is 0 Å². The van der Waals surface area contributed by atoms with E-state index in [1.807, 2.05) is 6.92 Å². The first-order valence-corrected chi connectivity index (χ1v) is 11.0. The second-order valence-electron chi connectivity index (χ2n) is 11.6. The van der Waals surface area contributed by atoms with Crippen LogP contribution in [0.5, 0.6) is 0 Å². The largest absolute Gasteiger partial charge is 0.300 e. The van der Waals surface area contributed by atoms with Gasteiger partial charge in [0.1, 0.15) is 5.78 Å². The van der Waals surface area contributed by atoms with Crippen LogP contribution in [0.3, 0.4) is 0 Å². The zero-order valence-corrected chi connectivity index (χ0v) is 15.4. The molecule has 0 aromatic carbocycles. The van der Waals surface area contributed by atoms with E-state index in [1.165, 1.54) is 77.0 Å². The molecule has 1 heteroatoms. The van der Waals surface area contributed by atoms with Gasteiger partial charge < -0.3 is 0 Å². The third-order valence-electron chi connectivity index (χ3n) is 9.80. The monoisotopic (exact) mass is 326 g/mol. The molecule has 0 saturated heterocycles. The van der Waals surface area contributed by atoms with Gasteiger partial charge in [-0.2, -0.15) is 0 Å². The summed E-state index contributed by atoms with van der Waals surface area (Å²) in [5.74, 6) is 6.91. The molecule has 0 amide bonds. The minimum Gasteiger partial charge on any atom is -0.300 e. The highest BCUT2D eigenvalue weighted by atomic mass is 16.1. The van der Waals surface area contributed by atoms with E-state index in [9.17, 15) is 4.79 Å². The fourth-order valence-electron chi connectivity index (χ4n) is 10.6. The first-order valence-electron chi connectivity index (χ1n) is 11.0. The summed E-state index contributed by atoms with van der Waals surface area (Å²) >= 11 is 0. The maximum atomic E-state index is 13.2. The predicted molar refractivity (Wildman–Crippen MR) is 95.4 cm³/mol. The van der Waals surface area contributed by atoms with E-state index < -0.39 is 0 Å². The van der Waals surface area contributed by atoms with E-state index in [0.717, 1.165) is 35.5 Å². The lowest BCUT2D eigenvalue weighted by molar-refractivity contribution is -0.179. The Kier molecular flexibility index (Phi) is 2.89. The Morgan fingerprint density at radius 3 is 1.08 bits per heavy atom. The Bertz CT molecular complexity index is 458. The average molecular weight is 327 g/mol. The van der Waals surface area contributed by atoms with Crippen LogP contribution in [0.2, 0.25) is 0 Å². The normalized spacial score (nSPS) is 58.2. The maximum Gasteiger partial charge on any atom is 0.134 e. The van der Waals surface area contributed by atoms with Crippen LogP contribution in [0.15, 0.2) is 0 Å². The fraction of sp³-hybridized carbons (Fsp3) is 0.957. The van der Waals surface area contributed by atoms with Gasteiger partial charge in [-0.15, -0.1) is 0 Å². The number of ketones is 1. The van der Waals surface area contributed by atoms with Gasteiger partial charge in [0, 0.05) is 5.92 Å². The molecule has 0 heterocycles. The van der Waals surface area contributed by atoms with Gasteiger partial charge in [0.25, 0.3) is 0 Å². The molecule has 0 aromatic heterocycles. The van der Waals surface area contributed by atoms with E-state index in [1.54, 1.807) is 0 Å². The van der Waals surface area contributed by atoms with Crippen LogP contribution in [0.4, 0.5) is 0 Å². The number of hydrogen-bond acceptors (Lipinski definition) is 1. The zero-order valence-electron chi connectivity index (χ0n) is 15.4. The molecule has 8 fully saturated rings. The number of carbonyl (C=O) groups excluding carboxylic acids is 1. The Balaban J connectivity index is 1.42. The molecule has 0 aliphatic heterocycles. The Morgan fingerprint density at radius 2 is 0.875 bits per heavy atom. The highest BCUT2D eigenvalue weighted by Crippen LogP contribution is 2.71. The number of hydrogen-bond donors (Lipinski definition) is 0. The van der Waals surface area contributed by atoms with Crippen molar-refractivity contribution in [2.75, 3.05) is 0 Å². The van der Waals surface area contributed by atoms with Gasteiger partial charge in [0.15, 0.2) is 0 Å². The smallest absolute Gasteiger partial charge is 0.134 e. The predicted octanol–water partition coefficient (Wildman–Crippen LogP) is 5.62. The molecule has 132 valence electrons. The third-order valence-corrected chi connectivity index (χ3v) is 9.80. The summed E-state index contributed by atoms with van der Waals surface area (Å²) in [6.45, 7) is 1.99. The molecule has 8 bridgehead atoms. The van der Waals surface area contributed by atoms with Crippen molar-refractivity contribution < 1.29 is 4.79 Å². The Morgan fingerprint density at radius 1 is 0.625 bits per heavy atom.